The Balaban J connectivity index is 2.44. The largest absolute Gasteiger partial charge is 0.434 e. The van der Waals surface area contributed by atoms with E-state index in [9.17, 15) is 9.00 Å². The summed E-state index contributed by atoms with van der Waals surface area (Å²) in [6, 6.07) is 5.71. The van der Waals surface area contributed by atoms with Crippen LogP contribution in [0, 0.1) is 8.35 Å². The molecule has 7 N–H and O–H groups in total. The number of hydrogen-bond donors (Lipinski definition) is 4. The summed E-state index contributed by atoms with van der Waals surface area (Å²) < 4.78 is 31.0. The van der Waals surface area contributed by atoms with E-state index < -0.39 is 15.7 Å². The second-order valence-corrected chi connectivity index (χ2v) is 9.79. The van der Waals surface area contributed by atoms with Crippen LogP contribution in [-0.2, 0) is 37.1 Å². The lowest BCUT2D eigenvalue weighted by molar-refractivity contribution is -0.152. The molecule has 0 bridgehead atoms. The van der Waals surface area contributed by atoms with Crippen molar-refractivity contribution in [2.24, 2.45) is 22.2 Å². The molecule has 0 aliphatic heterocycles. The Morgan fingerprint density at radius 3 is 2.69 bits per heavy atom. The fourth-order valence-electron chi connectivity index (χ4n) is 2.09. The van der Waals surface area contributed by atoms with Crippen molar-refractivity contribution in [1.82, 2.24) is 0 Å². The van der Waals surface area contributed by atoms with Gasteiger partial charge in [0.1, 0.15) is 5.70 Å². The second-order valence-electron chi connectivity index (χ2n) is 6.26. The van der Waals surface area contributed by atoms with Crippen LogP contribution in [0.25, 0.3) is 0 Å². The van der Waals surface area contributed by atoms with Crippen LogP contribution in [0.4, 0.5) is 0 Å². The third-order valence-electron chi connectivity index (χ3n) is 3.73. The SMILES string of the molecule is CCCCS(=N)(=O)C/C=C(\N)C(=O)OCOCc1ccc(CN=C(N)N)cc1I. The number of carbonyl (C=O) groups excluding carboxylic acids is 1. The topological polar surface area (TPSA) is 167 Å². The minimum atomic E-state index is -2.77. The Bertz CT molecular complexity index is 852. The highest BCUT2D eigenvalue weighted by molar-refractivity contribution is 14.1. The predicted molar refractivity (Wildman–Crippen MR) is 122 cm³/mol. The molecule has 1 aromatic carbocycles. The summed E-state index contributed by atoms with van der Waals surface area (Å²) in [4.78, 5) is 15.8. The number of benzene rings is 1. The summed E-state index contributed by atoms with van der Waals surface area (Å²) in [5, 5.41) is 0. The van der Waals surface area contributed by atoms with Gasteiger partial charge in [-0.3, -0.25) is 4.78 Å². The Morgan fingerprint density at radius 2 is 2.07 bits per heavy atom. The van der Waals surface area contributed by atoms with Gasteiger partial charge in [0.2, 0.25) is 0 Å². The number of nitrogens with zero attached hydrogens (tertiary/aromatic N) is 1. The lowest BCUT2D eigenvalue weighted by atomic mass is 10.1. The maximum Gasteiger partial charge on any atom is 0.355 e. The van der Waals surface area contributed by atoms with Gasteiger partial charge in [0.15, 0.2) is 12.8 Å². The van der Waals surface area contributed by atoms with Gasteiger partial charge in [0.25, 0.3) is 0 Å². The van der Waals surface area contributed by atoms with Crippen LogP contribution >= 0.6 is 22.6 Å². The molecule has 29 heavy (non-hydrogen) atoms. The molecule has 0 heterocycles. The predicted octanol–water partition coefficient (Wildman–Crippen LogP) is 1.77. The quantitative estimate of drug-likeness (QED) is 0.0600. The van der Waals surface area contributed by atoms with E-state index in [4.69, 9.17) is 31.5 Å². The average molecular weight is 537 g/mol. The molecule has 162 valence electrons. The van der Waals surface area contributed by atoms with E-state index in [2.05, 4.69) is 27.6 Å². The summed E-state index contributed by atoms with van der Waals surface area (Å²) in [6.45, 7) is 2.32. The van der Waals surface area contributed by atoms with Crippen molar-refractivity contribution in [2.45, 2.75) is 32.9 Å². The number of rotatable bonds is 12. The molecule has 9 nitrogen and oxygen atoms in total. The summed E-state index contributed by atoms with van der Waals surface area (Å²) in [5.41, 5.74) is 18.0. The number of esters is 1. The number of carbonyl (C=O) groups is 1. The number of aliphatic imine (C=N–C) groups is 1. The smallest absolute Gasteiger partial charge is 0.355 e. The third-order valence-corrected chi connectivity index (χ3v) is 6.39. The molecule has 1 aromatic rings. The standard InChI is InChI=1S/C18H28IN5O4S/c1-2-3-7-29(23,26)8-6-16(20)17(25)28-12-27-11-14-5-4-13(9-15(14)19)10-24-18(21)22/h4-6,9,23H,2-3,7-8,10-12,20H2,1H3,(H4,21,22,24)/b16-6-. The monoisotopic (exact) mass is 537 g/mol. The van der Waals surface area contributed by atoms with E-state index in [1.54, 1.807) is 0 Å². The lowest BCUT2D eigenvalue weighted by Gasteiger charge is -2.09. The molecule has 0 spiro atoms. The van der Waals surface area contributed by atoms with Crippen molar-refractivity contribution in [3.05, 3.63) is 44.7 Å². The van der Waals surface area contributed by atoms with Crippen LogP contribution in [0.1, 0.15) is 30.9 Å². The second kappa shape index (κ2) is 12.6. The average Bonchev–Trinajstić information content (AvgIpc) is 2.67. The van der Waals surface area contributed by atoms with Gasteiger partial charge in [-0.1, -0.05) is 25.5 Å². The van der Waals surface area contributed by atoms with E-state index in [1.165, 1.54) is 6.08 Å². The van der Waals surface area contributed by atoms with E-state index in [0.717, 1.165) is 21.1 Å². The van der Waals surface area contributed by atoms with Crippen molar-refractivity contribution in [2.75, 3.05) is 18.3 Å². The highest BCUT2D eigenvalue weighted by Gasteiger charge is 2.10. The summed E-state index contributed by atoms with van der Waals surface area (Å²) >= 11 is 2.17. The molecule has 1 unspecified atom stereocenters. The van der Waals surface area contributed by atoms with Gasteiger partial charge in [0.05, 0.1) is 18.9 Å². The van der Waals surface area contributed by atoms with Gasteiger partial charge in [-0.25, -0.2) is 14.0 Å². The van der Waals surface area contributed by atoms with Crippen LogP contribution < -0.4 is 17.2 Å². The van der Waals surface area contributed by atoms with Crippen LogP contribution in [-0.4, -0.2) is 34.4 Å². The molecule has 0 aromatic heterocycles. The first-order valence-corrected chi connectivity index (χ1v) is 11.9. The fraction of sp³-hybridized carbons (Fsp3) is 0.444. The van der Waals surface area contributed by atoms with Crippen LogP contribution in [0.3, 0.4) is 0 Å². The van der Waals surface area contributed by atoms with Crippen molar-refractivity contribution < 1.29 is 18.5 Å². The molecule has 0 aliphatic rings. The molecule has 0 saturated carbocycles. The number of hydrogen-bond acceptors (Lipinski definition) is 7. The van der Waals surface area contributed by atoms with E-state index >= 15 is 0 Å². The van der Waals surface area contributed by atoms with E-state index in [1.807, 2.05) is 25.1 Å². The number of nitrogens with one attached hydrogen (secondary N) is 1. The number of ether oxygens (including phenoxy) is 2. The van der Waals surface area contributed by atoms with Gasteiger partial charge in [-0.2, -0.15) is 0 Å². The summed E-state index contributed by atoms with van der Waals surface area (Å²) in [6.07, 6.45) is 2.83. The maximum absolute atomic E-state index is 12.0. The zero-order valence-electron chi connectivity index (χ0n) is 16.4. The first-order valence-electron chi connectivity index (χ1n) is 8.92. The number of nitrogens with two attached hydrogens (primary N) is 3. The molecule has 0 radical (unpaired) electrons. The molecule has 1 atom stereocenters. The number of unbranched alkanes of at least 4 members (excludes halogenated alkanes) is 1. The molecule has 11 heteroatoms. The molecular weight excluding hydrogens is 509 g/mol. The van der Waals surface area contributed by atoms with Crippen LogP contribution in [0.15, 0.2) is 35.0 Å². The van der Waals surface area contributed by atoms with E-state index in [-0.39, 0.29) is 36.6 Å². The van der Waals surface area contributed by atoms with Crippen molar-refractivity contribution in [3.63, 3.8) is 0 Å². The molecule has 0 saturated heterocycles. The summed E-state index contributed by atoms with van der Waals surface area (Å²) in [5.74, 6) is -0.514. The minimum Gasteiger partial charge on any atom is -0.434 e. The Kier molecular flexibility index (Phi) is 11.0. The van der Waals surface area contributed by atoms with Gasteiger partial charge in [-0.05, 0) is 52.3 Å². The number of guanidine groups is 1. The Morgan fingerprint density at radius 1 is 1.34 bits per heavy atom. The molecule has 0 aliphatic carbocycles. The van der Waals surface area contributed by atoms with Crippen molar-refractivity contribution in [3.8, 4) is 0 Å². The van der Waals surface area contributed by atoms with Crippen molar-refractivity contribution >= 4 is 44.2 Å². The van der Waals surface area contributed by atoms with Crippen LogP contribution in [0.5, 0.6) is 0 Å². The van der Waals surface area contributed by atoms with Gasteiger partial charge >= 0.3 is 5.97 Å². The van der Waals surface area contributed by atoms with Gasteiger partial charge < -0.3 is 26.7 Å². The zero-order valence-corrected chi connectivity index (χ0v) is 19.3. The summed E-state index contributed by atoms with van der Waals surface area (Å²) in [7, 11) is -2.77. The fourth-order valence-corrected chi connectivity index (χ4v) is 4.19. The third kappa shape index (κ3) is 10.5. The molecule has 0 fully saturated rings. The van der Waals surface area contributed by atoms with Crippen molar-refractivity contribution in [1.29, 1.82) is 4.78 Å². The molecule has 0 amide bonds. The highest BCUT2D eigenvalue weighted by atomic mass is 127. The normalized spacial score (nSPS) is 13.5. The maximum atomic E-state index is 12.0. The van der Waals surface area contributed by atoms with Gasteiger partial charge in [0, 0.05) is 19.1 Å². The lowest BCUT2D eigenvalue weighted by Crippen LogP contribution is -2.22. The highest BCUT2D eigenvalue weighted by Crippen LogP contribution is 2.16. The Hall–Kier alpha value is -1.86. The first kappa shape index (κ1) is 25.2. The Labute approximate surface area is 185 Å². The van der Waals surface area contributed by atoms with Crippen LogP contribution in [0.2, 0.25) is 0 Å². The van der Waals surface area contributed by atoms with Gasteiger partial charge in [-0.15, -0.1) is 0 Å². The van der Waals surface area contributed by atoms with E-state index in [0.29, 0.717) is 13.0 Å². The molecule has 1 rings (SSSR count). The zero-order chi connectivity index (χ0) is 21.9. The number of halogens is 1. The minimum absolute atomic E-state index is 0.0357. The first-order chi connectivity index (χ1) is 13.6. The molecular formula is C18H28IN5O4S.